The number of carbonyl (C=O) groups is 3. The largest absolute Gasteiger partial charge is 0.490 e. The molecule has 0 aromatic carbocycles. The lowest BCUT2D eigenvalue weighted by Gasteiger charge is -2.18. The minimum absolute atomic E-state index is 0.0359. The van der Waals surface area contributed by atoms with E-state index in [9.17, 15) is 22.8 Å². The first kappa shape index (κ1) is 22.9. The molecule has 0 fully saturated rings. The van der Waals surface area contributed by atoms with Crippen LogP contribution in [0, 0.1) is 0 Å². The predicted molar refractivity (Wildman–Crippen MR) is 95.2 cm³/mol. The molecule has 1 aromatic heterocycles. The molecule has 0 bridgehead atoms. The van der Waals surface area contributed by atoms with E-state index < -0.39 is 12.1 Å². The summed E-state index contributed by atoms with van der Waals surface area (Å²) in [6.07, 6.45) is -3.31. The summed E-state index contributed by atoms with van der Waals surface area (Å²) < 4.78 is 31.7. The number of carbonyl (C=O) groups excluding carboxylic acids is 2. The van der Waals surface area contributed by atoms with Gasteiger partial charge in [0.05, 0.1) is 17.1 Å². The fourth-order valence-electron chi connectivity index (χ4n) is 2.21. The van der Waals surface area contributed by atoms with Gasteiger partial charge in [-0.15, -0.1) is 11.3 Å². The Balaban J connectivity index is 0.000000445. The molecule has 1 aliphatic heterocycles. The molecule has 0 saturated carbocycles. The van der Waals surface area contributed by atoms with E-state index in [1.165, 1.54) is 11.3 Å². The molecule has 152 valence electrons. The third-order valence-corrected chi connectivity index (χ3v) is 4.58. The van der Waals surface area contributed by atoms with Gasteiger partial charge < -0.3 is 20.2 Å². The monoisotopic (exact) mass is 409 g/mol. The highest BCUT2D eigenvalue weighted by Gasteiger charge is 2.38. The van der Waals surface area contributed by atoms with Gasteiger partial charge in [-0.2, -0.15) is 13.2 Å². The molecule has 7 nitrogen and oxygen atoms in total. The van der Waals surface area contributed by atoms with Crippen LogP contribution in [-0.4, -0.2) is 67.7 Å². The quantitative estimate of drug-likeness (QED) is 0.776. The number of halogens is 3. The molecule has 2 heterocycles. The third-order valence-electron chi connectivity index (χ3n) is 3.39. The van der Waals surface area contributed by atoms with Gasteiger partial charge in [0, 0.05) is 24.4 Å². The summed E-state index contributed by atoms with van der Waals surface area (Å²) >= 11 is 1.50. The Bertz CT molecular complexity index is 689. The van der Waals surface area contributed by atoms with Crippen molar-refractivity contribution in [3.05, 3.63) is 15.8 Å². The van der Waals surface area contributed by atoms with E-state index in [1.54, 1.807) is 4.90 Å². The van der Waals surface area contributed by atoms with Gasteiger partial charge in [-0.05, 0) is 26.6 Å². The summed E-state index contributed by atoms with van der Waals surface area (Å²) in [5.74, 6) is -2.70. The van der Waals surface area contributed by atoms with Crippen molar-refractivity contribution in [2.75, 3.05) is 38.6 Å². The number of amides is 2. The molecule has 0 aliphatic carbocycles. The molecule has 0 unspecified atom stereocenters. The number of anilines is 1. The number of fused-ring (bicyclic) bond motifs is 1. The molecular weight excluding hydrogens is 387 g/mol. The number of carboxylic acids is 1. The average molecular weight is 409 g/mol. The van der Waals surface area contributed by atoms with Gasteiger partial charge in [0.2, 0.25) is 5.91 Å². The van der Waals surface area contributed by atoms with Gasteiger partial charge in [-0.3, -0.25) is 9.59 Å². The van der Waals surface area contributed by atoms with Crippen LogP contribution in [0.2, 0.25) is 0 Å². The number of hydrogen-bond donors (Lipinski definition) is 2. The van der Waals surface area contributed by atoms with Gasteiger partial charge in [0.25, 0.3) is 5.91 Å². The zero-order valence-corrected chi connectivity index (χ0v) is 16.0. The Morgan fingerprint density at radius 3 is 2.41 bits per heavy atom. The number of nitrogens with one attached hydrogen (secondary N) is 1. The van der Waals surface area contributed by atoms with Crippen molar-refractivity contribution in [3.8, 4) is 0 Å². The number of nitrogens with zero attached hydrogens (tertiary/aromatic N) is 2. The first-order chi connectivity index (χ1) is 12.5. The molecular formula is C16H22F3N3O4S. The molecule has 2 rings (SSSR count). The predicted octanol–water partition coefficient (Wildman–Crippen LogP) is 1.97. The van der Waals surface area contributed by atoms with Crippen molar-refractivity contribution in [2.45, 2.75) is 25.9 Å². The molecule has 27 heavy (non-hydrogen) atoms. The Morgan fingerprint density at radius 1 is 1.33 bits per heavy atom. The van der Waals surface area contributed by atoms with Crippen molar-refractivity contribution in [1.82, 2.24) is 10.2 Å². The number of thiophene rings is 1. The third kappa shape index (κ3) is 6.83. The Kier molecular flexibility index (Phi) is 8.22. The van der Waals surface area contributed by atoms with Crippen LogP contribution in [0.3, 0.4) is 0 Å². The van der Waals surface area contributed by atoms with Crippen LogP contribution >= 0.6 is 11.3 Å². The van der Waals surface area contributed by atoms with Gasteiger partial charge in [-0.25, -0.2) is 4.79 Å². The molecule has 1 aromatic rings. The van der Waals surface area contributed by atoms with E-state index in [0.29, 0.717) is 18.0 Å². The number of alkyl halides is 3. The first-order valence-electron chi connectivity index (χ1n) is 8.13. The minimum atomic E-state index is -5.08. The van der Waals surface area contributed by atoms with Crippen LogP contribution in [-0.2, 0) is 16.0 Å². The van der Waals surface area contributed by atoms with Crippen LogP contribution < -0.4 is 10.2 Å². The SMILES string of the molecule is CCCNC(=O)c1cc2c(s1)CCN2C(=O)CN(C)C.O=C(O)C(F)(F)F. The Morgan fingerprint density at radius 2 is 1.93 bits per heavy atom. The van der Waals surface area contributed by atoms with Crippen LogP contribution in [0.25, 0.3) is 0 Å². The smallest absolute Gasteiger partial charge is 0.475 e. The summed E-state index contributed by atoms with van der Waals surface area (Å²) in [6.45, 7) is 3.83. The van der Waals surface area contributed by atoms with Crippen molar-refractivity contribution >= 4 is 34.8 Å². The lowest BCUT2D eigenvalue weighted by Crippen LogP contribution is -2.36. The second-order valence-electron chi connectivity index (χ2n) is 6.01. The molecule has 2 N–H and O–H groups in total. The maximum atomic E-state index is 12.2. The van der Waals surface area contributed by atoms with Crippen LogP contribution in [0.1, 0.15) is 27.9 Å². The summed E-state index contributed by atoms with van der Waals surface area (Å²) in [4.78, 5) is 38.5. The highest BCUT2D eigenvalue weighted by Crippen LogP contribution is 2.35. The summed E-state index contributed by atoms with van der Waals surface area (Å²) in [5.41, 5.74) is 0.920. The lowest BCUT2D eigenvalue weighted by molar-refractivity contribution is -0.192. The second kappa shape index (κ2) is 9.70. The molecule has 2 amide bonds. The van der Waals surface area contributed by atoms with Crippen molar-refractivity contribution in [3.63, 3.8) is 0 Å². The van der Waals surface area contributed by atoms with Crippen LogP contribution in [0.15, 0.2) is 6.07 Å². The maximum absolute atomic E-state index is 12.2. The van der Waals surface area contributed by atoms with Gasteiger partial charge in [0.15, 0.2) is 0 Å². The topological polar surface area (TPSA) is 90.0 Å². The van der Waals surface area contributed by atoms with Crippen molar-refractivity contribution in [2.24, 2.45) is 0 Å². The Hall–Kier alpha value is -2.14. The van der Waals surface area contributed by atoms with E-state index in [1.807, 2.05) is 32.0 Å². The second-order valence-corrected chi connectivity index (χ2v) is 7.15. The standard InChI is InChI=1S/C14H21N3O2S.C2HF3O2/c1-4-6-15-14(19)12-8-10-11(20-12)5-7-17(10)13(18)9-16(2)3;3-2(4,5)1(6)7/h8H,4-7,9H2,1-3H3,(H,15,19);(H,6,7). The summed E-state index contributed by atoms with van der Waals surface area (Å²) in [6, 6.07) is 1.85. The van der Waals surface area contributed by atoms with E-state index in [-0.39, 0.29) is 11.8 Å². The molecule has 0 spiro atoms. The van der Waals surface area contributed by atoms with Gasteiger partial charge in [-0.1, -0.05) is 6.92 Å². The number of hydrogen-bond acceptors (Lipinski definition) is 5. The normalized spacial score (nSPS) is 13.1. The van der Waals surface area contributed by atoms with Gasteiger partial charge >= 0.3 is 12.1 Å². The van der Waals surface area contributed by atoms with Gasteiger partial charge in [0.1, 0.15) is 0 Å². The molecule has 0 atom stereocenters. The van der Waals surface area contributed by atoms with Crippen molar-refractivity contribution in [1.29, 1.82) is 0 Å². The van der Waals surface area contributed by atoms with Crippen LogP contribution in [0.5, 0.6) is 0 Å². The molecule has 11 heteroatoms. The van der Waals surface area contributed by atoms with E-state index in [2.05, 4.69) is 5.32 Å². The Labute approximate surface area is 158 Å². The van der Waals surface area contributed by atoms with E-state index in [4.69, 9.17) is 9.90 Å². The molecule has 0 radical (unpaired) electrons. The number of rotatable bonds is 5. The summed E-state index contributed by atoms with van der Waals surface area (Å²) in [7, 11) is 3.76. The fourth-order valence-corrected chi connectivity index (χ4v) is 3.28. The highest BCUT2D eigenvalue weighted by atomic mass is 32.1. The highest BCUT2D eigenvalue weighted by molar-refractivity contribution is 7.14. The molecule has 0 saturated heterocycles. The van der Waals surface area contributed by atoms with Crippen molar-refractivity contribution < 1.29 is 32.7 Å². The van der Waals surface area contributed by atoms with Crippen LogP contribution in [0.4, 0.5) is 18.9 Å². The number of likely N-dealkylation sites (N-methyl/N-ethyl adjacent to an activating group) is 1. The fraction of sp³-hybridized carbons (Fsp3) is 0.562. The summed E-state index contributed by atoms with van der Waals surface area (Å²) in [5, 5.41) is 10.00. The number of aliphatic carboxylic acids is 1. The zero-order valence-electron chi connectivity index (χ0n) is 15.2. The maximum Gasteiger partial charge on any atom is 0.490 e. The van der Waals surface area contributed by atoms with E-state index >= 15 is 0 Å². The lowest BCUT2D eigenvalue weighted by atomic mass is 10.3. The zero-order chi connectivity index (χ0) is 20.8. The molecule has 1 aliphatic rings. The minimum Gasteiger partial charge on any atom is -0.475 e. The number of carboxylic acid groups (broad SMARTS) is 1. The first-order valence-corrected chi connectivity index (χ1v) is 8.95. The van der Waals surface area contributed by atoms with E-state index in [0.717, 1.165) is 30.0 Å². The average Bonchev–Trinajstić information content (AvgIpc) is 3.11.